The molecule has 6 nitrogen and oxygen atoms in total. The summed E-state index contributed by atoms with van der Waals surface area (Å²) in [5, 5.41) is 12.3. The third-order valence-electron chi connectivity index (χ3n) is 6.30. The standard InChI is InChI=1S/C22H22BFN6/c1-14-9-30-10-16(5-20(24)22(30)27-14)15(2)28-21-4-3-19(8-26-21)29-11-17-6-23(13-25)7-18(17)12-29/h3-5,8-10,17-18H,2,6-7,11-12H2,1H3,(H,26,28). The molecule has 1 N–H and O–H groups in total. The molecule has 0 aliphatic carbocycles. The van der Waals surface area contributed by atoms with Crippen LogP contribution in [-0.4, -0.2) is 34.2 Å². The summed E-state index contributed by atoms with van der Waals surface area (Å²) < 4.78 is 16.0. The maximum absolute atomic E-state index is 14.3. The van der Waals surface area contributed by atoms with Crippen LogP contribution in [0.25, 0.3) is 11.3 Å². The van der Waals surface area contributed by atoms with E-state index < -0.39 is 0 Å². The molecule has 0 bridgehead atoms. The Balaban J connectivity index is 1.27. The average Bonchev–Trinajstić information content (AvgIpc) is 3.40. The number of hydrogen-bond donors (Lipinski definition) is 1. The van der Waals surface area contributed by atoms with E-state index in [2.05, 4.69) is 38.8 Å². The molecule has 2 saturated heterocycles. The van der Waals surface area contributed by atoms with Crippen LogP contribution < -0.4 is 10.2 Å². The molecule has 8 heteroatoms. The molecule has 2 fully saturated rings. The van der Waals surface area contributed by atoms with E-state index in [1.54, 1.807) is 16.8 Å². The van der Waals surface area contributed by atoms with E-state index in [4.69, 9.17) is 5.26 Å². The summed E-state index contributed by atoms with van der Waals surface area (Å²) in [6, 6.07) is 5.40. The Bertz CT molecular complexity index is 1150. The number of nitrogens with one attached hydrogen (secondary N) is 1. The van der Waals surface area contributed by atoms with Crippen molar-refractivity contribution in [2.45, 2.75) is 19.6 Å². The third kappa shape index (κ3) is 3.30. The monoisotopic (exact) mass is 400 g/mol. The number of fused-ring (bicyclic) bond motifs is 2. The van der Waals surface area contributed by atoms with Crippen molar-refractivity contribution < 1.29 is 4.39 Å². The van der Waals surface area contributed by atoms with Gasteiger partial charge in [-0.2, -0.15) is 0 Å². The minimum absolute atomic E-state index is 0.230. The molecule has 2 aliphatic heterocycles. The van der Waals surface area contributed by atoms with Crippen molar-refractivity contribution in [1.82, 2.24) is 14.4 Å². The Morgan fingerprint density at radius 2 is 2.07 bits per heavy atom. The highest BCUT2D eigenvalue weighted by atomic mass is 19.1. The van der Waals surface area contributed by atoms with Gasteiger partial charge in [-0.15, -0.1) is 0 Å². The van der Waals surface area contributed by atoms with E-state index in [1.165, 1.54) is 6.07 Å². The quantitative estimate of drug-likeness (QED) is 0.674. The van der Waals surface area contributed by atoms with E-state index >= 15 is 0 Å². The number of halogens is 1. The first kappa shape index (κ1) is 18.7. The lowest BCUT2D eigenvalue weighted by molar-refractivity contribution is 0.525. The molecule has 30 heavy (non-hydrogen) atoms. The van der Waals surface area contributed by atoms with Crippen LogP contribution >= 0.6 is 0 Å². The molecule has 0 spiro atoms. The molecule has 150 valence electrons. The van der Waals surface area contributed by atoms with Gasteiger partial charge in [0.1, 0.15) is 5.82 Å². The van der Waals surface area contributed by atoms with E-state index in [1.807, 2.05) is 19.2 Å². The fourth-order valence-corrected chi connectivity index (χ4v) is 4.83. The second-order valence-corrected chi connectivity index (χ2v) is 8.42. The largest absolute Gasteiger partial charge is 0.370 e. The summed E-state index contributed by atoms with van der Waals surface area (Å²) in [6.07, 6.45) is 7.48. The smallest absolute Gasteiger partial charge is 0.268 e. The Morgan fingerprint density at radius 1 is 1.30 bits per heavy atom. The maximum atomic E-state index is 14.3. The highest BCUT2D eigenvalue weighted by molar-refractivity contribution is 6.67. The van der Waals surface area contributed by atoms with Gasteiger partial charge in [0.15, 0.2) is 11.5 Å². The number of nitrogens with zero attached hydrogens (tertiary/aromatic N) is 5. The molecule has 0 amide bonds. The normalized spacial score (nSPS) is 20.4. The summed E-state index contributed by atoms with van der Waals surface area (Å²) >= 11 is 0. The van der Waals surface area contributed by atoms with E-state index in [-0.39, 0.29) is 12.5 Å². The van der Waals surface area contributed by atoms with Crippen molar-refractivity contribution in [2.75, 3.05) is 23.3 Å². The molecule has 3 aromatic rings. The van der Waals surface area contributed by atoms with Crippen molar-refractivity contribution in [3.8, 4) is 5.97 Å². The third-order valence-corrected chi connectivity index (χ3v) is 6.30. The molecule has 0 radical (unpaired) electrons. The lowest BCUT2D eigenvalue weighted by Gasteiger charge is -2.20. The van der Waals surface area contributed by atoms with Gasteiger partial charge in [0.05, 0.1) is 17.6 Å². The molecule has 2 aliphatic rings. The summed E-state index contributed by atoms with van der Waals surface area (Å²) in [4.78, 5) is 11.1. The van der Waals surface area contributed by atoms with Crippen molar-refractivity contribution in [3.63, 3.8) is 0 Å². The van der Waals surface area contributed by atoms with Crippen LogP contribution in [-0.2, 0) is 0 Å². The van der Waals surface area contributed by atoms with E-state index in [0.717, 1.165) is 37.1 Å². The molecule has 0 saturated carbocycles. The molecule has 3 aromatic heterocycles. The number of aromatic nitrogens is 3. The number of imidazole rings is 1. The zero-order chi connectivity index (χ0) is 20.8. The van der Waals surface area contributed by atoms with Crippen LogP contribution in [0, 0.1) is 35.8 Å². The number of anilines is 2. The maximum Gasteiger partial charge on any atom is 0.268 e. The summed E-state index contributed by atoms with van der Waals surface area (Å²) in [7, 11) is 0. The fraction of sp³-hybridized carbons (Fsp3) is 0.318. The van der Waals surface area contributed by atoms with Crippen LogP contribution in [0.3, 0.4) is 0 Å². The van der Waals surface area contributed by atoms with Gasteiger partial charge >= 0.3 is 0 Å². The van der Waals surface area contributed by atoms with Gasteiger partial charge in [-0.25, -0.2) is 19.6 Å². The highest BCUT2D eigenvalue weighted by Gasteiger charge is 2.42. The molecular formula is C22H22BFN6. The van der Waals surface area contributed by atoms with Gasteiger partial charge in [0.2, 0.25) is 0 Å². The Hall–Kier alpha value is -3.34. The van der Waals surface area contributed by atoms with Crippen LogP contribution in [0.2, 0.25) is 12.6 Å². The van der Waals surface area contributed by atoms with Crippen LogP contribution in [0.5, 0.6) is 0 Å². The van der Waals surface area contributed by atoms with Gasteiger partial charge in [-0.1, -0.05) is 19.2 Å². The minimum atomic E-state index is -0.384. The average molecular weight is 400 g/mol. The number of hydrogen-bond acceptors (Lipinski definition) is 5. The first-order valence-corrected chi connectivity index (χ1v) is 10.2. The molecule has 5 heterocycles. The molecule has 5 rings (SSSR count). The van der Waals surface area contributed by atoms with Crippen LogP contribution in [0.1, 0.15) is 11.3 Å². The second kappa shape index (κ2) is 7.17. The van der Waals surface area contributed by atoms with E-state index in [0.29, 0.717) is 34.6 Å². The minimum Gasteiger partial charge on any atom is -0.370 e. The molecule has 2 unspecified atom stereocenters. The lowest BCUT2D eigenvalue weighted by atomic mass is 9.49. The zero-order valence-electron chi connectivity index (χ0n) is 16.8. The molecule has 0 aromatic carbocycles. The van der Waals surface area contributed by atoms with Gasteiger partial charge in [0, 0.05) is 42.7 Å². The van der Waals surface area contributed by atoms with E-state index in [9.17, 15) is 4.39 Å². The Labute approximate surface area is 175 Å². The van der Waals surface area contributed by atoms with Gasteiger partial charge in [-0.05, 0) is 37.0 Å². The van der Waals surface area contributed by atoms with Gasteiger partial charge in [0.25, 0.3) is 6.71 Å². The number of pyridine rings is 2. The van der Waals surface area contributed by atoms with Crippen molar-refractivity contribution in [2.24, 2.45) is 11.8 Å². The number of aryl methyl sites for hydroxylation is 1. The predicted molar refractivity (Wildman–Crippen MR) is 117 cm³/mol. The summed E-state index contributed by atoms with van der Waals surface area (Å²) in [5.74, 6) is 3.93. The number of rotatable bonds is 4. The zero-order valence-corrected chi connectivity index (χ0v) is 16.8. The second-order valence-electron chi connectivity index (χ2n) is 8.42. The SMILES string of the molecule is C=C(Nc1ccc(N2CC3CB(C#N)CC3C2)cn1)c1cc(F)c2nc(C)cn2c1. The van der Waals surface area contributed by atoms with Gasteiger partial charge < -0.3 is 14.6 Å². The van der Waals surface area contributed by atoms with Gasteiger partial charge in [-0.3, -0.25) is 0 Å². The van der Waals surface area contributed by atoms with Crippen molar-refractivity contribution >= 4 is 29.6 Å². The highest BCUT2D eigenvalue weighted by Crippen LogP contribution is 2.40. The molecule has 2 atom stereocenters. The van der Waals surface area contributed by atoms with Crippen LogP contribution in [0.4, 0.5) is 15.9 Å². The van der Waals surface area contributed by atoms with Crippen molar-refractivity contribution in [1.29, 1.82) is 5.26 Å². The van der Waals surface area contributed by atoms with Crippen LogP contribution in [0.15, 0.2) is 43.4 Å². The molecular weight excluding hydrogens is 378 g/mol. The lowest BCUT2D eigenvalue weighted by Crippen LogP contribution is -2.22. The Morgan fingerprint density at radius 3 is 2.73 bits per heavy atom. The van der Waals surface area contributed by atoms with Crippen molar-refractivity contribution in [3.05, 3.63) is 60.4 Å². The fourth-order valence-electron chi connectivity index (χ4n) is 4.83. The summed E-state index contributed by atoms with van der Waals surface area (Å²) in [5.41, 5.74) is 3.37. The first-order chi connectivity index (χ1) is 14.5. The Kier molecular flexibility index (Phi) is 4.46. The first-order valence-electron chi connectivity index (χ1n) is 10.2. The summed E-state index contributed by atoms with van der Waals surface area (Å²) in [6.45, 7) is 8.09. The topological polar surface area (TPSA) is 69.2 Å². The predicted octanol–water partition coefficient (Wildman–Crippen LogP) is 3.88. The number of nitriles is 1.